The van der Waals surface area contributed by atoms with Crippen molar-refractivity contribution in [1.29, 1.82) is 0 Å². The zero-order valence-corrected chi connectivity index (χ0v) is 10.2. The average Bonchev–Trinajstić information content (AvgIpc) is 2.82. The van der Waals surface area contributed by atoms with Crippen molar-refractivity contribution >= 4 is 5.91 Å². The van der Waals surface area contributed by atoms with Crippen molar-refractivity contribution in [1.82, 2.24) is 10.6 Å². The molecule has 17 heavy (non-hydrogen) atoms. The molecule has 0 spiro atoms. The molecule has 1 unspecified atom stereocenters. The Balaban J connectivity index is 1.99. The number of hydrogen-bond donors (Lipinski definition) is 2. The molecule has 4 heteroatoms. The van der Waals surface area contributed by atoms with E-state index >= 15 is 0 Å². The van der Waals surface area contributed by atoms with Crippen LogP contribution >= 0.6 is 0 Å². The van der Waals surface area contributed by atoms with Gasteiger partial charge in [0.2, 0.25) is 5.91 Å². The highest BCUT2D eigenvalue weighted by atomic mass is 16.5. The third-order valence-corrected chi connectivity index (χ3v) is 3.06. The summed E-state index contributed by atoms with van der Waals surface area (Å²) in [4.78, 5) is 11.1. The summed E-state index contributed by atoms with van der Waals surface area (Å²) in [5, 5.41) is 5.78. The molecule has 0 fully saturated rings. The molecule has 1 heterocycles. The van der Waals surface area contributed by atoms with Crippen molar-refractivity contribution in [2.45, 2.75) is 19.4 Å². The highest BCUT2D eigenvalue weighted by molar-refractivity contribution is 5.77. The number of fused-ring (bicyclic) bond motifs is 1. The fourth-order valence-electron chi connectivity index (χ4n) is 1.93. The lowest BCUT2D eigenvalue weighted by Gasteiger charge is -2.14. The van der Waals surface area contributed by atoms with Gasteiger partial charge in [0.1, 0.15) is 5.75 Å². The van der Waals surface area contributed by atoms with Crippen molar-refractivity contribution < 1.29 is 9.53 Å². The zero-order chi connectivity index (χ0) is 12.3. The summed E-state index contributed by atoms with van der Waals surface area (Å²) in [5.41, 5.74) is 2.45. The van der Waals surface area contributed by atoms with E-state index in [1.807, 2.05) is 12.1 Å². The monoisotopic (exact) mass is 234 g/mol. The number of amides is 1. The number of ether oxygens (including phenoxy) is 1. The molecular weight excluding hydrogens is 216 g/mol. The SMILES string of the molecule is CNC(=O)CNC(C)c1ccc2c(c1)CCO2. The number of rotatable bonds is 4. The standard InChI is InChI=1S/C13H18N2O2/c1-9(15-8-13(16)14-2)10-3-4-12-11(7-10)5-6-17-12/h3-4,7,9,15H,5-6,8H2,1-2H3,(H,14,16). The molecule has 0 saturated heterocycles. The fraction of sp³-hybridized carbons (Fsp3) is 0.462. The Labute approximate surface area is 101 Å². The minimum absolute atomic E-state index is 0.00124. The van der Waals surface area contributed by atoms with Crippen LogP contribution in [0.25, 0.3) is 0 Å². The first-order valence-electron chi connectivity index (χ1n) is 5.90. The Kier molecular flexibility index (Phi) is 3.64. The molecule has 0 radical (unpaired) electrons. The van der Waals surface area contributed by atoms with Gasteiger partial charge in [-0.2, -0.15) is 0 Å². The molecule has 1 aromatic rings. The largest absolute Gasteiger partial charge is 0.493 e. The van der Waals surface area contributed by atoms with Crippen LogP contribution in [0.4, 0.5) is 0 Å². The molecule has 1 atom stereocenters. The molecule has 1 aliphatic rings. The van der Waals surface area contributed by atoms with E-state index in [1.54, 1.807) is 7.05 Å². The number of hydrogen-bond acceptors (Lipinski definition) is 3. The van der Waals surface area contributed by atoms with Gasteiger partial charge in [0, 0.05) is 19.5 Å². The number of carbonyl (C=O) groups is 1. The molecule has 4 nitrogen and oxygen atoms in total. The maximum Gasteiger partial charge on any atom is 0.233 e. The van der Waals surface area contributed by atoms with Gasteiger partial charge in [-0.1, -0.05) is 12.1 Å². The normalized spacial score (nSPS) is 14.9. The first-order valence-corrected chi connectivity index (χ1v) is 5.90. The minimum atomic E-state index is 0.00124. The van der Waals surface area contributed by atoms with Crippen LogP contribution in [0.2, 0.25) is 0 Å². The van der Waals surface area contributed by atoms with E-state index in [4.69, 9.17) is 4.74 Å². The molecule has 0 saturated carbocycles. The second-order valence-electron chi connectivity index (χ2n) is 4.24. The summed E-state index contributed by atoms with van der Waals surface area (Å²) < 4.78 is 5.46. The second-order valence-corrected chi connectivity index (χ2v) is 4.24. The van der Waals surface area contributed by atoms with Crippen molar-refractivity contribution in [3.8, 4) is 5.75 Å². The molecule has 1 aliphatic heterocycles. The zero-order valence-electron chi connectivity index (χ0n) is 10.2. The van der Waals surface area contributed by atoms with Crippen molar-refractivity contribution in [2.75, 3.05) is 20.2 Å². The molecule has 1 amide bonds. The molecule has 1 aromatic carbocycles. The average molecular weight is 234 g/mol. The van der Waals surface area contributed by atoms with Crippen LogP contribution in [0.3, 0.4) is 0 Å². The van der Waals surface area contributed by atoms with Gasteiger partial charge in [-0.05, 0) is 24.1 Å². The van der Waals surface area contributed by atoms with Crippen LogP contribution in [0.15, 0.2) is 18.2 Å². The molecule has 0 bridgehead atoms. The first kappa shape index (κ1) is 11.9. The summed E-state index contributed by atoms with van der Waals surface area (Å²) in [6, 6.07) is 6.38. The van der Waals surface area contributed by atoms with Gasteiger partial charge in [-0.15, -0.1) is 0 Å². The number of likely N-dealkylation sites (N-methyl/N-ethyl adjacent to an activating group) is 1. The molecule has 2 N–H and O–H groups in total. The third kappa shape index (κ3) is 2.77. The predicted octanol–water partition coefficient (Wildman–Crippen LogP) is 1.02. The third-order valence-electron chi connectivity index (χ3n) is 3.06. The Bertz CT molecular complexity index is 418. The maximum atomic E-state index is 11.1. The number of benzene rings is 1. The highest BCUT2D eigenvalue weighted by Gasteiger charge is 2.14. The van der Waals surface area contributed by atoms with E-state index < -0.39 is 0 Å². The van der Waals surface area contributed by atoms with Gasteiger partial charge < -0.3 is 15.4 Å². The Morgan fingerprint density at radius 2 is 2.35 bits per heavy atom. The van der Waals surface area contributed by atoms with E-state index in [-0.39, 0.29) is 11.9 Å². The fourth-order valence-corrected chi connectivity index (χ4v) is 1.93. The number of nitrogens with one attached hydrogen (secondary N) is 2. The molecule has 0 aromatic heterocycles. The Hall–Kier alpha value is -1.55. The van der Waals surface area contributed by atoms with Gasteiger partial charge in [0.15, 0.2) is 0 Å². The summed E-state index contributed by atoms with van der Waals surface area (Å²) in [5.74, 6) is 0.994. The molecule has 2 rings (SSSR count). The smallest absolute Gasteiger partial charge is 0.233 e. The van der Waals surface area contributed by atoms with E-state index in [2.05, 4.69) is 23.6 Å². The van der Waals surface area contributed by atoms with Gasteiger partial charge in [-0.25, -0.2) is 0 Å². The van der Waals surface area contributed by atoms with E-state index in [0.717, 1.165) is 18.8 Å². The van der Waals surface area contributed by atoms with Gasteiger partial charge in [0.05, 0.1) is 13.2 Å². The lowest BCUT2D eigenvalue weighted by atomic mass is 10.0. The van der Waals surface area contributed by atoms with Crippen LogP contribution in [-0.2, 0) is 11.2 Å². The summed E-state index contributed by atoms with van der Waals surface area (Å²) in [6.45, 7) is 3.17. The first-order chi connectivity index (χ1) is 8.20. The van der Waals surface area contributed by atoms with E-state index in [0.29, 0.717) is 6.54 Å². The number of carbonyl (C=O) groups excluding carboxylic acids is 1. The highest BCUT2D eigenvalue weighted by Crippen LogP contribution is 2.27. The second kappa shape index (κ2) is 5.19. The summed E-state index contributed by atoms with van der Waals surface area (Å²) >= 11 is 0. The summed E-state index contributed by atoms with van der Waals surface area (Å²) in [6.07, 6.45) is 0.978. The lowest BCUT2D eigenvalue weighted by Crippen LogP contribution is -2.32. The van der Waals surface area contributed by atoms with Crippen LogP contribution in [-0.4, -0.2) is 26.1 Å². The topological polar surface area (TPSA) is 50.4 Å². The molecular formula is C13H18N2O2. The van der Waals surface area contributed by atoms with Gasteiger partial charge in [0.25, 0.3) is 0 Å². The van der Waals surface area contributed by atoms with Crippen molar-refractivity contribution in [2.24, 2.45) is 0 Å². The van der Waals surface area contributed by atoms with E-state index in [9.17, 15) is 4.79 Å². The van der Waals surface area contributed by atoms with Crippen LogP contribution in [0, 0.1) is 0 Å². The minimum Gasteiger partial charge on any atom is -0.493 e. The lowest BCUT2D eigenvalue weighted by molar-refractivity contribution is -0.119. The Morgan fingerprint density at radius 3 is 3.12 bits per heavy atom. The van der Waals surface area contributed by atoms with E-state index in [1.165, 1.54) is 11.1 Å². The Morgan fingerprint density at radius 1 is 1.53 bits per heavy atom. The quantitative estimate of drug-likeness (QED) is 0.817. The predicted molar refractivity (Wildman–Crippen MR) is 66.1 cm³/mol. The van der Waals surface area contributed by atoms with Gasteiger partial charge >= 0.3 is 0 Å². The van der Waals surface area contributed by atoms with Crippen molar-refractivity contribution in [3.05, 3.63) is 29.3 Å². The molecule has 0 aliphatic carbocycles. The van der Waals surface area contributed by atoms with Crippen LogP contribution < -0.4 is 15.4 Å². The van der Waals surface area contributed by atoms with Gasteiger partial charge in [-0.3, -0.25) is 4.79 Å². The van der Waals surface area contributed by atoms with Crippen LogP contribution in [0.1, 0.15) is 24.1 Å². The maximum absolute atomic E-state index is 11.1. The summed E-state index contributed by atoms with van der Waals surface area (Å²) in [7, 11) is 1.64. The van der Waals surface area contributed by atoms with Crippen LogP contribution in [0.5, 0.6) is 5.75 Å². The van der Waals surface area contributed by atoms with Crippen molar-refractivity contribution in [3.63, 3.8) is 0 Å². The molecule has 92 valence electrons.